The highest BCUT2D eigenvalue weighted by molar-refractivity contribution is 5.94. The lowest BCUT2D eigenvalue weighted by atomic mass is 9.93. The van der Waals surface area contributed by atoms with Crippen molar-refractivity contribution in [3.8, 4) is 5.75 Å². The van der Waals surface area contributed by atoms with Gasteiger partial charge in [0.2, 0.25) is 5.91 Å². The molecule has 1 N–H and O–H groups in total. The van der Waals surface area contributed by atoms with Crippen LogP contribution in [0.4, 0.5) is 5.82 Å². The minimum absolute atomic E-state index is 0.0257. The molecule has 1 aliphatic heterocycles. The SMILES string of the molecule is COc1ccccc1Cn1ncc2c1NC(=O)C[C@H]2c1nccn1C. The maximum atomic E-state index is 12.3. The van der Waals surface area contributed by atoms with Crippen LogP contribution in [0.1, 0.15) is 29.3 Å². The standard InChI is InChI=1S/C18H19N5O2/c1-22-8-7-19-17(22)13-9-16(24)21-18-14(13)10-20-23(18)11-12-5-3-4-6-15(12)25-2/h3-8,10,13H,9,11H2,1-2H3,(H,21,24)/t13-/m1/s1. The molecule has 1 aromatic carbocycles. The molecular formula is C18H19N5O2. The van der Waals surface area contributed by atoms with Crippen LogP contribution in [0.2, 0.25) is 0 Å². The number of fused-ring (bicyclic) bond motifs is 1. The molecule has 3 heterocycles. The van der Waals surface area contributed by atoms with Crippen molar-refractivity contribution in [2.24, 2.45) is 7.05 Å². The summed E-state index contributed by atoms with van der Waals surface area (Å²) in [5.74, 6) is 2.29. The van der Waals surface area contributed by atoms with Gasteiger partial charge in [0.1, 0.15) is 17.4 Å². The third-order valence-corrected chi connectivity index (χ3v) is 4.57. The number of aromatic nitrogens is 4. The van der Waals surface area contributed by atoms with Gasteiger partial charge in [-0.25, -0.2) is 9.67 Å². The van der Waals surface area contributed by atoms with Crippen molar-refractivity contribution >= 4 is 11.7 Å². The third kappa shape index (κ3) is 2.67. The molecule has 7 heteroatoms. The van der Waals surface area contributed by atoms with E-state index < -0.39 is 0 Å². The lowest BCUT2D eigenvalue weighted by Crippen LogP contribution is -2.26. The van der Waals surface area contributed by atoms with Crippen LogP contribution in [0.25, 0.3) is 0 Å². The van der Waals surface area contributed by atoms with Crippen LogP contribution in [0, 0.1) is 0 Å². The molecule has 1 amide bonds. The van der Waals surface area contributed by atoms with Crippen molar-refractivity contribution in [1.29, 1.82) is 0 Å². The summed E-state index contributed by atoms with van der Waals surface area (Å²) in [5.41, 5.74) is 1.99. The predicted octanol–water partition coefficient (Wildman–Crippen LogP) is 2.15. The molecule has 128 valence electrons. The molecule has 3 aromatic rings. The number of para-hydroxylation sites is 1. The Morgan fingerprint density at radius 1 is 1.36 bits per heavy atom. The number of rotatable bonds is 4. The van der Waals surface area contributed by atoms with Crippen LogP contribution in [-0.4, -0.2) is 32.3 Å². The van der Waals surface area contributed by atoms with Gasteiger partial charge in [-0.2, -0.15) is 5.10 Å². The zero-order chi connectivity index (χ0) is 17.4. The van der Waals surface area contributed by atoms with Crippen LogP contribution < -0.4 is 10.1 Å². The van der Waals surface area contributed by atoms with Crippen molar-refractivity contribution in [2.45, 2.75) is 18.9 Å². The van der Waals surface area contributed by atoms with Crippen LogP contribution in [0.5, 0.6) is 5.75 Å². The number of hydrogen-bond acceptors (Lipinski definition) is 4. The van der Waals surface area contributed by atoms with E-state index in [1.165, 1.54) is 0 Å². The van der Waals surface area contributed by atoms with E-state index in [1.54, 1.807) is 18.0 Å². The van der Waals surface area contributed by atoms with Gasteiger partial charge in [0, 0.05) is 37.0 Å². The van der Waals surface area contributed by atoms with Gasteiger partial charge in [-0.3, -0.25) is 4.79 Å². The lowest BCUT2D eigenvalue weighted by molar-refractivity contribution is -0.116. The summed E-state index contributed by atoms with van der Waals surface area (Å²) < 4.78 is 9.17. The maximum absolute atomic E-state index is 12.3. The Kier molecular flexibility index (Phi) is 3.76. The number of benzene rings is 1. The van der Waals surface area contributed by atoms with E-state index in [0.717, 1.165) is 28.5 Å². The molecule has 0 saturated carbocycles. The summed E-state index contributed by atoms with van der Waals surface area (Å²) in [7, 11) is 3.59. The van der Waals surface area contributed by atoms with Gasteiger partial charge in [0.05, 0.1) is 25.8 Å². The number of carbonyl (C=O) groups is 1. The van der Waals surface area contributed by atoms with E-state index in [0.29, 0.717) is 13.0 Å². The topological polar surface area (TPSA) is 74.0 Å². The third-order valence-electron chi connectivity index (χ3n) is 4.57. The van der Waals surface area contributed by atoms with Gasteiger partial charge in [0.25, 0.3) is 0 Å². The van der Waals surface area contributed by atoms with Crippen LogP contribution in [-0.2, 0) is 18.4 Å². The summed E-state index contributed by atoms with van der Waals surface area (Å²) in [6, 6.07) is 7.80. The van der Waals surface area contributed by atoms with E-state index in [2.05, 4.69) is 15.4 Å². The molecule has 0 aliphatic carbocycles. The van der Waals surface area contributed by atoms with Crippen molar-refractivity contribution in [1.82, 2.24) is 19.3 Å². The molecule has 2 aromatic heterocycles. The summed E-state index contributed by atoms with van der Waals surface area (Å²) in [6.45, 7) is 0.521. The van der Waals surface area contributed by atoms with Gasteiger partial charge in [-0.1, -0.05) is 18.2 Å². The monoisotopic (exact) mass is 337 g/mol. The molecule has 0 bridgehead atoms. The number of imidazole rings is 1. The fourth-order valence-electron chi connectivity index (χ4n) is 3.33. The normalized spacial score (nSPS) is 16.4. The molecule has 0 fully saturated rings. The largest absolute Gasteiger partial charge is 0.496 e. The number of methoxy groups -OCH3 is 1. The average molecular weight is 337 g/mol. The fourth-order valence-corrected chi connectivity index (χ4v) is 3.33. The number of amides is 1. The highest BCUT2D eigenvalue weighted by Crippen LogP contribution is 2.36. The second-order valence-corrected chi connectivity index (χ2v) is 6.12. The van der Waals surface area contributed by atoms with Gasteiger partial charge < -0.3 is 14.6 Å². The highest BCUT2D eigenvalue weighted by atomic mass is 16.5. The van der Waals surface area contributed by atoms with E-state index >= 15 is 0 Å². The molecule has 1 atom stereocenters. The van der Waals surface area contributed by atoms with Crippen molar-refractivity contribution in [2.75, 3.05) is 12.4 Å². The first kappa shape index (κ1) is 15.4. The first-order valence-corrected chi connectivity index (χ1v) is 8.12. The Labute approximate surface area is 145 Å². The number of anilines is 1. The average Bonchev–Trinajstić information content (AvgIpc) is 3.21. The van der Waals surface area contributed by atoms with Crippen molar-refractivity contribution in [3.05, 3.63) is 59.8 Å². The van der Waals surface area contributed by atoms with E-state index in [-0.39, 0.29) is 11.8 Å². The van der Waals surface area contributed by atoms with E-state index in [1.807, 2.05) is 48.3 Å². The molecular weight excluding hydrogens is 318 g/mol. The quantitative estimate of drug-likeness (QED) is 0.792. The molecule has 0 unspecified atom stereocenters. The number of ether oxygens (including phenoxy) is 1. The summed E-state index contributed by atoms with van der Waals surface area (Å²) in [6.07, 6.45) is 5.84. The Morgan fingerprint density at radius 2 is 2.20 bits per heavy atom. The molecule has 4 rings (SSSR count). The van der Waals surface area contributed by atoms with Gasteiger partial charge >= 0.3 is 0 Å². The van der Waals surface area contributed by atoms with Crippen molar-refractivity contribution < 1.29 is 9.53 Å². The van der Waals surface area contributed by atoms with Crippen LogP contribution in [0.3, 0.4) is 0 Å². The molecule has 7 nitrogen and oxygen atoms in total. The first-order valence-electron chi connectivity index (χ1n) is 8.12. The smallest absolute Gasteiger partial charge is 0.226 e. The van der Waals surface area contributed by atoms with E-state index in [9.17, 15) is 4.79 Å². The Morgan fingerprint density at radius 3 is 2.96 bits per heavy atom. The van der Waals surface area contributed by atoms with Crippen LogP contribution >= 0.6 is 0 Å². The number of hydrogen-bond donors (Lipinski definition) is 1. The Hall–Kier alpha value is -3.09. The second-order valence-electron chi connectivity index (χ2n) is 6.12. The summed E-state index contributed by atoms with van der Waals surface area (Å²) in [4.78, 5) is 16.7. The van der Waals surface area contributed by atoms with Crippen molar-refractivity contribution in [3.63, 3.8) is 0 Å². The van der Waals surface area contributed by atoms with Gasteiger partial charge in [-0.15, -0.1) is 0 Å². The second kappa shape index (κ2) is 6.08. The minimum Gasteiger partial charge on any atom is -0.496 e. The Bertz CT molecular complexity index is 927. The molecule has 25 heavy (non-hydrogen) atoms. The fraction of sp³-hybridized carbons (Fsp3) is 0.278. The summed E-state index contributed by atoms with van der Waals surface area (Å²) in [5, 5.41) is 7.46. The molecule has 0 spiro atoms. The van der Waals surface area contributed by atoms with E-state index in [4.69, 9.17) is 4.74 Å². The zero-order valence-corrected chi connectivity index (χ0v) is 14.1. The minimum atomic E-state index is -0.0878. The van der Waals surface area contributed by atoms with Crippen LogP contribution in [0.15, 0.2) is 42.9 Å². The predicted molar refractivity (Wildman–Crippen MR) is 92.6 cm³/mol. The highest BCUT2D eigenvalue weighted by Gasteiger charge is 2.32. The number of aryl methyl sites for hydroxylation is 1. The molecule has 0 radical (unpaired) electrons. The maximum Gasteiger partial charge on any atom is 0.226 e. The summed E-state index contributed by atoms with van der Waals surface area (Å²) >= 11 is 0. The molecule has 1 aliphatic rings. The number of carbonyl (C=O) groups excluding carboxylic acids is 1. The van der Waals surface area contributed by atoms with Gasteiger partial charge in [-0.05, 0) is 6.07 Å². The molecule has 0 saturated heterocycles. The first-order chi connectivity index (χ1) is 12.2. The van der Waals surface area contributed by atoms with Gasteiger partial charge in [0.15, 0.2) is 0 Å². The lowest BCUT2D eigenvalue weighted by Gasteiger charge is -2.23. The number of nitrogens with one attached hydrogen (secondary N) is 1. The number of nitrogens with zero attached hydrogens (tertiary/aromatic N) is 4. The Balaban J connectivity index is 1.73. The zero-order valence-electron chi connectivity index (χ0n) is 14.1.